The summed E-state index contributed by atoms with van der Waals surface area (Å²) in [5.41, 5.74) is 2.18. The fourth-order valence-corrected chi connectivity index (χ4v) is 4.21. The molecule has 3 aromatic carbocycles. The molecule has 0 spiro atoms. The molecular weight excluding hydrogens is 497 g/mol. The van der Waals surface area contributed by atoms with Crippen molar-refractivity contribution in [1.29, 1.82) is 5.26 Å². The summed E-state index contributed by atoms with van der Waals surface area (Å²) in [7, 11) is 3.11. The summed E-state index contributed by atoms with van der Waals surface area (Å²) in [5.74, 6) is 2.21. The van der Waals surface area contributed by atoms with Gasteiger partial charge in [0.1, 0.15) is 11.8 Å². The molecular formula is C25H20Cl3N3O3. The van der Waals surface area contributed by atoms with Crippen LogP contribution < -0.4 is 19.5 Å². The Bertz CT molecular complexity index is 1420. The lowest BCUT2D eigenvalue weighted by atomic mass is 10.0. The van der Waals surface area contributed by atoms with Gasteiger partial charge in [-0.05, 0) is 47.5 Å². The first-order chi connectivity index (χ1) is 16.5. The van der Waals surface area contributed by atoms with Crippen LogP contribution in [-0.2, 0) is 0 Å². The largest absolute Gasteiger partial charge is 0.495 e. The number of methoxy groups -OCH3 is 2. The molecule has 4 rings (SSSR count). The van der Waals surface area contributed by atoms with Gasteiger partial charge in [-0.1, -0.05) is 23.2 Å². The molecule has 0 atom stereocenters. The Morgan fingerprint density at radius 3 is 2.38 bits per heavy atom. The lowest BCUT2D eigenvalue weighted by Crippen LogP contribution is -2.00. The van der Waals surface area contributed by atoms with E-state index in [0.717, 1.165) is 22.6 Å². The molecule has 0 amide bonds. The summed E-state index contributed by atoms with van der Waals surface area (Å²) in [6.45, 7) is 0.488. The van der Waals surface area contributed by atoms with E-state index in [-0.39, 0.29) is 0 Å². The maximum absolute atomic E-state index is 9.75. The van der Waals surface area contributed by atoms with E-state index in [0.29, 0.717) is 62.2 Å². The third-order valence-electron chi connectivity index (χ3n) is 5.27. The number of anilines is 2. The Labute approximate surface area is 211 Å². The van der Waals surface area contributed by atoms with Gasteiger partial charge < -0.3 is 19.5 Å². The van der Waals surface area contributed by atoms with Crippen molar-refractivity contribution in [1.82, 2.24) is 4.98 Å². The standard InChI is InChI=1S/C25H20Cl3N3O3/c1-32-22-11-21(18(27)10-19(22)28)31-25-16(12-29)13-30-20-7-15-9-24(34-5-3-4-26)23(33-2)8-14(15)6-17(20)25/h6-11,13H,3-5H2,1-2H3,(H,30,31). The molecule has 1 heterocycles. The number of hydrogen-bond acceptors (Lipinski definition) is 6. The Hall–Kier alpha value is -3.11. The summed E-state index contributed by atoms with van der Waals surface area (Å²) in [6.07, 6.45) is 2.25. The average molecular weight is 517 g/mol. The second-order valence-electron chi connectivity index (χ2n) is 7.36. The van der Waals surface area contributed by atoms with Crippen molar-refractivity contribution in [2.45, 2.75) is 6.42 Å². The molecule has 0 radical (unpaired) electrons. The maximum Gasteiger partial charge on any atom is 0.161 e. The summed E-state index contributed by atoms with van der Waals surface area (Å²) < 4.78 is 16.7. The monoisotopic (exact) mass is 515 g/mol. The molecule has 0 bridgehead atoms. The van der Waals surface area contributed by atoms with Crippen molar-refractivity contribution in [2.24, 2.45) is 0 Å². The number of alkyl halides is 1. The van der Waals surface area contributed by atoms with Crippen LogP contribution in [0.15, 0.2) is 42.6 Å². The molecule has 4 aromatic rings. The highest BCUT2D eigenvalue weighted by Gasteiger charge is 2.15. The Morgan fingerprint density at radius 2 is 1.68 bits per heavy atom. The lowest BCUT2D eigenvalue weighted by molar-refractivity contribution is 0.295. The smallest absolute Gasteiger partial charge is 0.161 e. The van der Waals surface area contributed by atoms with E-state index < -0.39 is 0 Å². The van der Waals surface area contributed by atoms with E-state index in [4.69, 9.17) is 49.0 Å². The van der Waals surface area contributed by atoms with Gasteiger partial charge in [0.2, 0.25) is 0 Å². The van der Waals surface area contributed by atoms with Gasteiger partial charge in [0.15, 0.2) is 11.5 Å². The Balaban J connectivity index is 1.87. The van der Waals surface area contributed by atoms with E-state index in [1.54, 1.807) is 19.2 Å². The van der Waals surface area contributed by atoms with Gasteiger partial charge in [0.25, 0.3) is 0 Å². The first-order valence-corrected chi connectivity index (χ1v) is 11.6. The zero-order valence-corrected chi connectivity index (χ0v) is 20.7. The minimum absolute atomic E-state index is 0.366. The number of ether oxygens (including phenoxy) is 3. The van der Waals surface area contributed by atoms with Crippen LogP contribution in [-0.4, -0.2) is 31.7 Å². The van der Waals surface area contributed by atoms with Crippen molar-refractivity contribution in [2.75, 3.05) is 32.0 Å². The van der Waals surface area contributed by atoms with Gasteiger partial charge in [0.05, 0.1) is 53.3 Å². The number of nitrogens with one attached hydrogen (secondary N) is 1. The van der Waals surface area contributed by atoms with E-state index in [9.17, 15) is 5.26 Å². The highest BCUT2D eigenvalue weighted by atomic mass is 35.5. The SMILES string of the molecule is COc1cc(Nc2c(C#N)cnc3cc4cc(OCCCCl)c(OC)cc4cc23)c(Cl)cc1Cl. The van der Waals surface area contributed by atoms with E-state index >= 15 is 0 Å². The molecule has 0 saturated heterocycles. The number of hydrogen-bond donors (Lipinski definition) is 1. The normalized spacial score (nSPS) is 10.8. The number of halogens is 3. The highest BCUT2D eigenvalue weighted by Crippen LogP contribution is 2.40. The van der Waals surface area contributed by atoms with Gasteiger partial charge in [-0.3, -0.25) is 4.98 Å². The van der Waals surface area contributed by atoms with Crippen LogP contribution in [0.1, 0.15) is 12.0 Å². The Kier molecular flexibility index (Phi) is 7.38. The molecule has 0 saturated carbocycles. The average Bonchev–Trinajstić information content (AvgIpc) is 2.84. The molecule has 0 aliphatic rings. The molecule has 174 valence electrons. The number of nitriles is 1. The van der Waals surface area contributed by atoms with Crippen LogP contribution in [0.2, 0.25) is 10.0 Å². The number of rotatable bonds is 8. The molecule has 6 nitrogen and oxygen atoms in total. The quantitative estimate of drug-likeness (QED) is 0.150. The summed E-state index contributed by atoms with van der Waals surface area (Å²) in [6, 6.07) is 13.2. The minimum atomic E-state index is 0.366. The second kappa shape index (κ2) is 10.4. The van der Waals surface area contributed by atoms with Crippen LogP contribution in [0.3, 0.4) is 0 Å². The molecule has 1 aromatic heterocycles. The summed E-state index contributed by atoms with van der Waals surface area (Å²) in [4.78, 5) is 4.49. The van der Waals surface area contributed by atoms with Gasteiger partial charge in [-0.25, -0.2) is 0 Å². The molecule has 9 heteroatoms. The van der Waals surface area contributed by atoms with Crippen molar-refractivity contribution in [3.8, 4) is 23.3 Å². The molecule has 0 aliphatic carbocycles. The van der Waals surface area contributed by atoms with Gasteiger partial charge in [-0.2, -0.15) is 5.26 Å². The van der Waals surface area contributed by atoms with Crippen LogP contribution in [0.25, 0.3) is 21.7 Å². The summed E-state index contributed by atoms with van der Waals surface area (Å²) >= 11 is 18.4. The van der Waals surface area contributed by atoms with Crippen molar-refractivity contribution in [3.05, 3.63) is 58.2 Å². The highest BCUT2D eigenvalue weighted by molar-refractivity contribution is 6.37. The van der Waals surface area contributed by atoms with Gasteiger partial charge >= 0.3 is 0 Å². The topological polar surface area (TPSA) is 76.4 Å². The molecule has 0 aliphatic heterocycles. The summed E-state index contributed by atoms with van der Waals surface area (Å²) in [5, 5.41) is 16.4. The second-order valence-corrected chi connectivity index (χ2v) is 8.55. The van der Waals surface area contributed by atoms with Crippen molar-refractivity contribution < 1.29 is 14.2 Å². The zero-order chi connectivity index (χ0) is 24.2. The maximum atomic E-state index is 9.75. The Morgan fingerprint density at radius 1 is 0.941 bits per heavy atom. The van der Waals surface area contributed by atoms with E-state index in [1.165, 1.54) is 13.3 Å². The molecule has 34 heavy (non-hydrogen) atoms. The van der Waals surface area contributed by atoms with Crippen LogP contribution in [0, 0.1) is 11.3 Å². The molecule has 0 unspecified atom stereocenters. The van der Waals surface area contributed by atoms with Crippen LogP contribution in [0.4, 0.5) is 11.4 Å². The van der Waals surface area contributed by atoms with Crippen LogP contribution >= 0.6 is 34.8 Å². The molecule has 0 fully saturated rings. The number of fused-ring (bicyclic) bond motifs is 2. The predicted octanol–water partition coefficient (Wildman–Crippen LogP) is 7.33. The number of aromatic nitrogens is 1. The first-order valence-electron chi connectivity index (χ1n) is 10.3. The van der Waals surface area contributed by atoms with E-state index in [2.05, 4.69) is 16.4 Å². The first kappa shape index (κ1) is 24.0. The third kappa shape index (κ3) is 4.74. The van der Waals surface area contributed by atoms with Gasteiger partial charge in [0, 0.05) is 23.5 Å². The fourth-order valence-electron chi connectivity index (χ4n) is 3.59. The van der Waals surface area contributed by atoms with Gasteiger partial charge in [-0.15, -0.1) is 11.6 Å². The fraction of sp³-hybridized carbons (Fsp3) is 0.200. The van der Waals surface area contributed by atoms with E-state index in [1.807, 2.05) is 24.3 Å². The van der Waals surface area contributed by atoms with Crippen molar-refractivity contribution in [3.63, 3.8) is 0 Å². The van der Waals surface area contributed by atoms with Crippen molar-refractivity contribution >= 4 is 67.9 Å². The third-order valence-corrected chi connectivity index (χ3v) is 6.14. The number of benzene rings is 3. The zero-order valence-electron chi connectivity index (χ0n) is 18.4. The minimum Gasteiger partial charge on any atom is -0.495 e. The number of pyridine rings is 1. The predicted molar refractivity (Wildman–Crippen MR) is 138 cm³/mol. The number of nitrogens with zero attached hydrogens (tertiary/aromatic N) is 2. The van der Waals surface area contributed by atoms with Crippen LogP contribution in [0.5, 0.6) is 17.2 Å². The molecule has 1 N–H and O–H groups in total. The lowest BCUT2D eigenvalue weighted by Gasteiger charge is -2.16.